The monoisotopic (exact) mass is 261 g/mol. The van der Waals surface area contributed by atoms with Crippen LogP contribution in [0.2, 0.25) is 0 Å². The highest BCUT2D eigenvalue weighted by Crippen LogP contribution is 2.27. The van der Waals surface area contributed by atoms with Crippen LogP contribution in [0.4, 0.5) is 0 Å². The first-order valence-corrected chi connectivity index (χ1v) is 6.08. The van der Waals surface area contributed by atoms with Crippen LogP contribution < -0.4 is 10.1 Å². The van der Waals surface area contributed by atoms with E-state index in [2.05, 4.69) is 5.32 Å². The molecule has 19 heavy (non-hydrogen) atoms. The zero-order valence-electron chi connectivity index (χ0n) is 10.9. The summed E-state index contributed by atoms with van der Waals surface area (Å²) in [6.45, 7) is 3.36. The number of ketones is 2. The van der Waals surface area contributed by atoms with E-state index in [0.29, 0.717) is 24.3 Å². The maximum Gasteiger partial charge on any atom is 0.287 e. The van der Waals surface area contributed by atoms with Crippen LogP contribution in [0.3, 0.4) is 0 Å². The number of hydrogen-bond acceptors (Lipinski definition) is 4. The molecule has 1 atom stereocenters. The lowest BCUT2D eigenvalue weighted by Crippen LogP contribution is -2.43. The minimum absolute atomic E-state index is 0.217. The van der Waals surface area contributed by atoms with Gasteiger partial charge in [-0.25, -0.2) is 0 Å². The summed E-state index contributed by atoms with van der Waals surface area (Å²) in [6, 6.07) is 4.59. The molecule has 0 radical (unpaired) electrons. The number of Topliss-reactive ketones (excluding diaryl/α,β-unsaturated/α-hetero) is 2. The minimum atomic E-state index is -0.741. The van der Waals surface area contributed by atoms with E-state index < -0.39 is 17.7 Å². The Bertz CT molecular complexity index is 550. The lowest BCUT2D eigenvalue weighted by Gasteiger charge is -2.13. The molecule has 0 fully saturated rings. The average Bonchev–Trinajstić information content (AvgIpc) is 2.52. The van der Waals surface area contributed by atoms with Crippen molar-refractivity contribution in [3.8, 4) is 5.75 Å². The first-order valence-electron chi connectivity index (χ1n) is 6.08. The van der Waals surface area contributed by atoms with Gasteiger partial charge in [-0.1, -0.05) is 12.1 Å². The van der Waals surface area contributed by atoms with Gasteiger partial charge in [0.05, 0.1) is 18.2 Å². The van der Waals surface area contributed by atoms with Crippen molar-refractivity contribution in [3.63, 3.8) is 0 Å². The van der Waals surface area contributed by atoms with Crippen LogP contribution in [-0.2, 0) is 9.59 Å². The van der Waals surface area contributed by atoms with Gasteiger partial charge in [0.1, 0.15) is 5.75 Å². The number of aryl methyl sites for hydroxylation is 1. The van der Waals surface area contributed by atoms with Crippen molar-refractivity contribution in [2.75, 3.05) is 6.61 Å². The second kappa shape index (κ2) is 5.22. The van der Waals surface area contributed by atoms with Crippen molar-refractivity contribution < 1.29 is 19.1 Å². The van der Waals surface area contributed by atoms with E-state index in [9.17, 15) is 14.4 Å². The van der Waals surface area contributed by atoms with Crippen molar-refractivity contribution in [3.05, 3.63) is 29.3 Å². The van der Waals surface area contributed by atoms with E-state index in [1.54, 1.807) is 12.1 Å². The molecule has 1 unspecified atom stereocenters. The molecule has 1 aromatic rings. The van der Waals surface area contributed by atoms with Crippen LogP contribution in [0.1, 0.15) is 29.3 Å². The first kappa shape index (κ1) is 13.3. The third kappa shape index (κ3) is 2.65. The molecule has 1 aromatic carbocycles. The highest BCUT2D eigenvalue weighted by atomic mass is 16.5. The maximum absolute atomic E-state index is 12.3. The molecule has 0 spiro atoms. The second-order valence-corrected chi connectivity index (χ2v) is 4.54. The van der Waals surface area contributed by atoms with Gasteiger partial charge in [-0.2, -0.15) is 0 Å². The number of carbonyl (C=O) groups is 3. The van der Waals surface area contributed by atoms with E-state index in [-0.39, 0.29) is 5.78 Å². The Balaban J connectivity index is 2.29. The quantitative estimate of drug-likeness (QED) is 0.807. The second-order valence-electron chi connectivity index (χ2n) is 4.54. The number of benzene rings is 1. The molecular formula is C14H15NO4. The maximum atomic E-state index is 12.3. The highest BCUT2D eigenvalue weighted by Gasteiger charge is 2.29. The van der Waals surface area contributed by atoms with E-state index >= 15 is 0 Å². The number of nitrogens with one attached hydrogen (secondary N) is 1. The predicted molar refractivity (Wildman–Crippen MR) is 68.2 cm³/mol. The number of para-hydroxylation sites is 1. The molecule has 1 aliphatic rings. The summed E-state index contributed by atoms with van der Waals surface area (Å²) in [4.78, 5) is 34.7. The van der Waals surface area contributed by atoms with Crippen LogP contribution in [0.25, 0.3) is 0 Å². The van der Waals surface area contributed by atoms with Gasteiger partial charge >= 0.3 is 0 Å². The van der Waals surface area contributed by atoms with E-state index in [4.69, 9.17) is 4.74 Å². The van der Waals surface area contributed by atoms with Gasteiger partial charge in [-0.05, 0) is 18.6 Å². The summed E-state index contributed by atoms with van der Waals surface area (Å²) < 4.78 is 5.56. The third-order valence-electron chi connectivity index (χ3n) is 3.07. The minimum Gasteiger partial charge on any atom is -0.492 e. The molecule has 0 aliphatic carbocycles. The molecule has 5 nitrogen and oxygen atoms in total. The Kier molecular flexibility index (Phi) is 3.64. The van der Waals surface area contributed by atoms with Crippen LogP contribution in [0.15, 0.2) is 18.2 Å². The molecule has 5 heteroatoms. The first-order chi connectivity index (χ1) is 9.00. The Morgan fingerprint density at radius 3 is 2.79 bits per heavy atom. The van der Waals surface area contributed by atoms with Gasteiger partial charge in [0.2, 0.25) is 5.78 Å². The molecule has 0 aromatic heterocycles. The van der Waals surface area contributed by atoms with Crippen molar-refractivity contribution in [2.45, 2.75) is 26.3 Å². The number of amides is 1. The molecule has 2 rings (SSSR count). The number of carbonyl (C=O) groups excluding carboxylic acids is 3. The summed E-state index contributed by atoms with van der Waals surface area (Å²) in [5, 5.41) is 2.45. The summed E-state index contributed by atoms with van der Waals surface area (Å²) in [6.07, 6.45) is 0.353. The SMILES string of the molecule is CC(=O)C(=O)NC1CCOc2c(C)cccc2C1=O. The molecule has 1 heterocycles. The highest BCUT2D eigenvalue weighted by molar-refractivity contribution is 6.35. The molecule has 0 saturated carbocycles. The Morgan fingerprint density at radius 2 is 2.11 bits per heavy atom. The Hall–Kier alpha value is -2.17. The fourth-order valence-electron chi connectivity index (χ4n) is 2.03. The van der Waals surface area contributed by atoms with Crippen LogP contribution in [-0.4, -0.2) is 30.1 Å². The number of hydrogen-bond donors (Lipinski definition) is 1. The smallest absolute Gasteiger partial charge is 0.287 e. The average molecular weight is 261 g/mol. The van der Waals surface area contributed by atoms with E-state index in [0.717, 1.165) is 5.56 Å². The largest absolute Gasteiger partial charge is 0.492 e. The van der Waals surface area contributed by atoms with Gasteiger partial charge in [-0.15, -0.1) is 0 Å². The fraction of sp³-hybridized carbons (Fsp3) is 0.357. The van der Waals surface area contributed by atoms with Crippen molar-refractivity contribution in [1.82, 2.24) is 5.32 Å². The van der Waals surface area contributed by atoms with Crippen LogP contribution >= 0.6 is 0 Å². The summed E-state index contributed by atoms with van der Waals surface area (Å²) >= 11 is 0. The lowest BCUT2D eigenvalue weighted by molar-refractivity contribution is -0.137. The van der Waals surface area contributed by atoms with Crippen molar-refractivity contribution >= 4 is 17.5 Å². The molecule has 1 N–H and O–H groups in total. The Labute approximate surface area is 110 Å². The standard InChI is InChI=1S/C14H15NO4/c1-8-4-3-5-10-12(17)11(6-7-19-13(8)10)15-14(18)9(2)16/h3-5,11H,6-7H2,1-2H3,(H,15,18). The van der Waals surface area contributed by atoms with E-state index in [1.807, 2.05) is 13.0 Å². The third-order valence-corrected chi connectivity index (χ3v) is 3.07. The van der Waals surface area contributed by atoms with Crippen LogP contribution in [0, 0.1) is 6.92 Å². The zero-order valence-corrected chi connectivity index (χ0v) is 10.9. The summed E-state index contributed by atoms with van der Waals surface area (Å²) in [7, 11) is 0. The molecular weight excluding hydrogens is 246 g/mol. The van der Waals surface area contributed by atoms with Gasteiger partial charge in [0.25, 0.3) is 5.91 Å². The van der Waals surface area contributed by atoms with Gasteiger partial charge in [0, 0.05) is 13.3 Å². The summed E-state index contributed by atoms with van der Waals surface area (Å²) in [5.41, 5.74) is 1.33. The van der Waals surface area contributed by atoms with Crippen molar-refractivity contribution in [2.24, 2.45) is 0 Å². The number of fused-ring (bicyclic) bond motifs is 1. The van der Waals surface area contributed by atoms with Crippen molar-refractivity contribution in [1.29, 1.82) is 0 Å². The normalized spacial score (nSPS) is 18.0. The number of ether oxygens (including phenoxy) is 1. The van der Waals surface area contributed by atoms with Gasteiger partial charge in [0.15, 0.2) is 5.78 Å². The lowest BCUT2D eigenvalue weighted by atomic mass is 10.00. The fourth-order valence-corrected chi connectivity index (χ4v) is 2.03. The zero-order chi connectivity index (χ0) is 14.0. The Morgan fingerprint density at radius 1 is 1.37 bits per heavy atom. The molecule has 0 bridgehead atoms. The van der Waals surface area contributed by atoms with E-state index in [1.165, 1.54) is 6.92 Å². The molecule has 0 saturated heterocycles. The molecule has 100 valence electrons. The van der Waals surface area contributed by atoms with Gasteiger partial charge in [-0.3, -0.25) is 14.4 Å². The molecule has 1 amide bonds. The topological polar surface area (TPSA) is 72.5 Å². The van der Waals surface area contributed by atoms with Crippen LogP contribution in [0.5, 0.6) is 5.75 Å². The summed E-state index contributed by atoms with van der Waals surface area (Å²) in [5.74, 6) is -1.00. The molecule has 1 aliphatic heterocycles. The van der Waals surface area contributed by atoms with Gasteiger partial charge < -0.3 is 10.1 Å². The predicted octanol–water partition coefficient (Wildman–Crippen LogP) is 1.03. The number of rotatable bonds is 2.